The van der Waals surface area contributed by atoms with Crippen LogP contribution in [0.2, 0.25) is 0 Å². The third-order valence-electron chi connectivity index (χ3n) is 2.99. The predicted molar refractivity (Wildman–Crippen MR) is 82.3 cm³/mol. The lowest BCUT2D eigenvalue weighted by atomic mass is 10.0. The molecule has 0 saturated carbocycles. The van der Waals surface area contributed by atoms with E-state index in [1.54, 1.807) is 37.4 Å². The van der Waals surface area contributed by atoms with E-state index in [1.807, 2.05) is 0 Å². The standard InChI is InChI=1S/C14H15NO4S2/c1-3-15-21(18,19)10-4-5-11(9(2)8-10)12-6-7-20-13(12)14(16)17/h4-8,15H,3H2,1-2H3,(H,16,17). The van der Waals surface area contributed by atoms with Crippen LogP contribution in [0, 0.1) is 6.92 Å². The largest absolute Gasteiger partial charge is 0.477 e. The summed E-state index contributed by atoms with van der Waals surface area (Å²) in [4.78, 5) is 11.6. The van der Waals surface area contributed by atoms with Gasteiger partial charge in [0, 0.05) is 12.1 Å². The molecule has 1 aromatic carbocycles. The van der Waals surface area contributed by atoms with Crippen LogP contribution in [0.25, 0.3) is 11.1 Å². The van der Waals surface area contributed by atoms with E-state index in [0.29, 0.717) is 12.1 Å². The molecular formula is C14H15NO4S2. The Hall–Kier alpha value is -1.70. The van der Waals surface area contributed by atoms with Crippen LogP contribution >= 0.6 is 11.3 Å². The van der Waals surface area contributed by atoms with Gasteiger partial charge < -0.3 is 5.11 Å². The average molecular weight is 325 g/mol. The Labute approximate surface area is 127 Å². The first-order valence-corrected chi connectivity index (χ1v) is 8.64. The zero-order valence-electron chi connectivity index (χ0n) is 11.6. The van der Waals surface area contributed by atoms with E-state index in [4.69, 9.17) is 5.11 Å². The molecule has 0 amide bonds. The van der Waals surface area contributed by atoms with Gasteiger partial charge in [-0.2, -0.15) is 0 Å². The predicted octanol–water partition coefficient (Wildman–Crippen LogP) is 2.72. The first kappa shape index (κ1) is 15.7. The van der Waals surface area contributed by atoms with E-state index in [-0.39, 0.29) is 9.77 Å². The maximum Gasteiger partial charge on any atom is 0.346 e. The number of carbonyl (C=O) groups is 1. The molecule has 21 heavy (non-hydrogen) atoms. The van der Waals surface area contributed by atoms with Crippen molar-refractivity contribution in [2.24, 2.45) is 0 Å². The Morgan fingerprint density at radius 2 is 2.00 bits per heavy atom. The van der Waals surface area contributed by atoms with Crippen molar-refractivity contribution < 1.29 is 18.3 Å². The van der Waals surface area contributed by atoms with Crippen LogP contribution in [-0.2, 0) is 10.0 Å². The van der Waals surface area contributed by atoms with Crippen molar-refractivity contribution in [3.05, 3.63) is 40.1 Å². The normalized spacial score (nSPS) is 11.5. The molecule has 2 rings (SSSR count). The van der Waals surface area contributed by atoms with Gasteiger partial charge in [-0.1, -0.05) is 13.0 Å². The van der Waals surface area contributed by atoms with Crippen LogP contribution in [0.15, 0.2) is 34.5 Å². The summed E-state index contributed by atoms with van der Waals surface area (Å²) in [6.45, 7) is 3.80. The fourth-order valence-corrected chi connectivity index (χ4v) is 3.94. The van der Waals surface area contributed by atoms with E-state index >= 15 is 0 Å². The minimum absolute atomic E-state index is 0.178. The van der Waals surface area contributed by atoms with Crippen molar-refractivity contribution in [3.8, 4) is 11.1 Å². The highest BCUT2D eigenvalue weighted by Gasteiger charge is 2.18. The summed E-state index contributed by atoms with van der Waals surface area (Å²) in [7, 11) is -3.51. The highest BCUT2D eigenvalue weighted by molar-refractivity contribution is 7.89. The van der Waals surface area contributed by atoms with Crippen LogP contribution in [0.1, 0.15) is 22.2 Å². The quantitative estimate of drug-likeness (QED) is 0.885. The minimum Gasteiger partial charge on any atom is -0.477 e. The number of benzene rings is 1. The zero-order valence-corrected chi connectivity index (χ0v) is 13.2. The molecule has 5 nitrogen and oxygen atoms in total. The van der Waals surface area contributed by atoms with Crippen molar-refractivity contribution in [2.75, 3.05) is 6.54 Å². The fraction of sp³-hybridized carbons (Fsp3) is 0.214. The van der Waals surface area contributed by atoms with Gasteiger partial charge in [-0.25, -0.2) is 17.9 Å². The molecule has 0 radical (unpaired) electrons. The van der Waals surface area contributed by atoms with E-state index in [0.717, 1.165) is 22.5 Å². The topological polar surface area (TPSA) is 83.5 Å². The van der Waals surface area contributed by atoms with Crippen molar-refractivity contribution >= 4 is 27.3 Å². The molecule has 0 atom stereocenters. The number of aryl methyl sites for hydroxylation is 1. The number of rotatable bonds is 5. The van der Waals surface area contributed by atoms with Gasteiger partial charge in [-0.15, -0.1) is 11.3 Å². The monoisotopic (exact) mass is 325 g/mol. The third-order valence-corrected chi connectivity index (χ3v) is 5.44. The number of nitrogens with one attached hydrogen (secondary N) is 1. The summed E-state index contributed by atoms with van der Waals surface area (Å²) >= 11 is 1.15. The van der Waals surface area contributed by atoms with Gasteiger partial charge in [0.25, 0.3) is 0 Å². The third kappa shape index (κ3) is 3.15. The molecule has 0 aliphatic carbocycles. The summed E-state index contributed by atoms with van der Waals surface area (Å²) in [6.07, 6.45) is 0. The Bertz CT molecular complexity index is 778. The van der Waals surface area contributed by atoms with Gasteiger partial charge in [0.05, 0.1) is 4.90 Å². The van der Waals surface area contributed by atoms with E-state index in [1.165, 1.54) is 6.07 Å². The average Bonchev–Trinajstić information content (AvgIpc) is 2.87. The van der Waals surface area contributed by atoms with E-state index < -0.39 is 16.0 Å². The van der Waals surface area contributed by atoms with Crippen LogP contribution in [0.3, 0.4) is 0 Å². The summed E-state index contributed by atoms with van der Waals surface area (Å²) < 4.78 is 26.3. The Kier molecular flexibility index (Phi) is 4.46. The molecule has 1 aromatic heterocycles. The highest BCUT2D eigenvalue weighted by Crippen LogP contribution is 2.31. The van der Waals surface area contributed by atoms with E-state index in [2.05, 4.69) is 4.72 Å². The molecule has 0 fully saturated rings. The van der Waals surface area contributed by atoms with Crippen molar-refractivity contribution in [3.63, 3.8) is 0 Å². The fourth-order valence-electron chi connectivity index (χ4n) is 2.07. The first-order valence-electron chi connectivity index (χ1n) is 6.28. The Morgan fingerprint density at radius 1 is 1.29 bits per heavy atom. The van der Waals surface area contributed by atoms with Gasteiger partial charge in [-0.05, 0) is 41.6 Å². The molecule has 112 valence electrons. The van der Waals surface area contributed by atoms with Gasteiger partial charge in [-0.3, -0.25) is 0 Å². The van der Waals surface area contributed by atoms with Crippen molar-refractivity contribution in [1.29, 1.82) is 0 Å². The molecule has 0 bridgehead atoms. The SMILES string of the molecule is CCNS(=O)(=O)c1ccc(-c2ccsc2C(=O)O)c(C)c1. The van der Waals surface area contributed by atoms with Crippen LogP contribution < -0.4 is 4.72 Å². The molecule has 0 aliphatic rings. The second-order valence-corrected chi connectivity index (χ2v) is 7.13. The molecule has 0 aliphatic heterocycles. The summed E-state index contributed by atoms with van der Waals surface area (Å²) in [6, 6.07) is 6.42. The minimum atomic E-state index is -3.51. The molecule has 0 saturated heterocycles. The van der Waals surface area contributed by atoms with Crippen molar-refractivity contribution in [1.82, 2.24) is 4.72 Å². The lowest BCUT2D eigenvalue weighted by Gasteiger charge is -2.09. The van der Waals surface area contributed by atoms with Gasteiger partial charge in [0.2, 0.25) is 10.0 Å². The number of carboxylic acids is 1. The molecule has 2 N–H and O–H groups in total. The number of hydrogen-bond donors (Lipinski definition) is 2. The molecular weight excluding hydrogens is 310 g/mol. The number of carboxylic acid groups (broad SMARTS) is 1. The summed E-state index contributed by atoms with van der Waals surface area (Å²) in [5, 5.41) is 10.9. The van der Waals surface area contributed by atoms with Gasteiger partial charge in [0.1, 0.15) is 4.88 Å². The second kappa shape index (κ2) is 5.97. The van der Waals surface area contributed by atoms with Gasteiger partial charge >= 0.3 is 5.97 Å². The van der Waals surface area contributed by atoms with Crippen molar-refractivity contribution in [2.45, 2.75) is 18.7 Å². The second-order valence-electron chi connectivity index (χ2n) is 4.45. The maximum absolute atomic E-state index is 12.0. The number of sulfonamides is 1. The molecule has 2 aromatic rings. The molecule has 7 heteroatoms. The lowest BCUT2D eigenvalue weighted by Crippen LogP contribution is -2.23. The van der Waals surface area contributed by atoms with Crippen LogP contribution in [-0.4, -0.2) is 26.0 Å². The smallest absolute Gasteiger partial charge is 0.346 e. The molecule has 0 spiro atoms. The van der Waals surface area contributed by atoms with Crippen LogP contribution in [0.5, 0.6) is 0 Å². The summed E-state index contributed by atoms with van der Waals surface area (Å²) in [5.41, 5.74) is 2.05. The number of thiophene rings is 1. The highest BCUT2D eigenvalue weighted by atomic mass is 32.2. The first-order chi connectivity index (χ1) is 9.86. The zero-order chi connectivity index (χ0) is 15.6. The molecule has 1 heterocycles. The Morgan fingerprint density at radius 3 is 2.57 bits per heavy atom. The molecule has 0 unspecified atom stereocenters. The lowest BCUT2D eigenvalue weighted by molar-refractivity contribution is 0.0703. The summed E-state index contributed by atoms with van der Waals surface area (Å²) in [5.74, 6) is -0.983. The van der Waals surface area contributed by atoms with E-state index in [9.17, 15) is 13.2 Å². The van der Waals surface area contributed by atoms with Crippen LogP contribution in [0.4, 0.5) is 0 Å². The maximum atomic E-state index is 12.0. The number of hydrogen-bond acceptors (Lipinski definition) is 4. The Balaban J connectivity index is 2.50. The van der Waals surface area contributed by atoms with Gasteiger partial charge in [0.15, 0.2) is 0 Å². The number of aromatic carboxylic acids is 1.